The maximum atomic E-state index is 4.29. The molecule has 0 saturated carbocycles. The van der Waals surface area contributed by atoms with Gasteiger partial charge >= 0.3 is 0 Å². The molecule has 0 spiro atoms. The fourth-order valence-electron chi connectivity index (χ4n) is 5.64. The van der Waals surface area contributed by atoms with Crippen LogP contribution in [-0.4, -0.2) is 9.97 Å². The molecule has 0 unspecified atom stereocenters. The van der Waals surface area contributed by atoms with Crippen LogP contribution in [0.25, 0.3) is 66.1 Å². The highest BCUT2D eigenvalue weighted by molar-refractivity contribution is 6.21. The van der Waals surface area contributed by atoms with Crippen LogP contribution in [0, 0.1) is 6.92 Å². The van der Waals surface area contributed by atoms with E-state index in [4.69, 9.17) is 0 Å². The van der Waals surface area contributed by atoms with Gasteiger partial charge in [-0.15, -0.1) is 0 Å². The molecule has 0 aliphatic rings. The topological polar surface area (TPSA) is 25.8 Å². The monoisotopic (exact) mass is 498 g/mol. The van der Waals surface area contributed by atoms with E-state index in [1.807, 2.05) is 36.9 Å². The Labute approximate surface area is 228 Å². The Kier molecular flexibility index (Phi) is 5.71. The molecule has 0 radical (unpaired) electrons. The Morgan fingerprint density at radius 3 is 1.33 bits per heavy atom. The first kappa shape index (κ1) is 23.1. The largest absolute Gasteiger partial charge is 0.264 e. The van der Waals surface area contributed by atoms with E-state index >= 15 is 0 Å². The minimum Gasteiger partial charge on any atom is -0.264 e. The average molecular weight is 499 g/mol. The van der Waals surface area contributed by atoms with E-state index < -0.39 is 0 Å². The van der Waals surface area contributed by atoms with Crippen molar-refractivity contribution in [1.29, 1.82) is 0 Å². The van der Waals surface area contributed by atoms with Crippen LogP contribution in [0.2, 0.25) is 0 Å². The first-order valence-corrected chi connectivity index (χ1v) is 13.2. The fourth-order valence-corrected chi connectivity index (χ4v) is 5.64. The summed E-state index contributed by atoms with van der Waals surface area (Å²) in [6, 6.07) is 41.6. The van der Waals surface area contributed by atoms with Crippen molar-refractivity contribution in [2.45, 2.75) is 6.92 Å². The molecule has 0 bridgehead atoms. The van der Waals surface area contributed by atoms with Crippen LogP contribution in [-0.2, 0) is 0 Å². The van der Waals surface area contributed by atoms with Crippen molar-refractivity contribution in [3.8, 4) is 44.5 Å². The van der Waals surface area contributed by atoms with Gasteiger partial charge in [0.1, 0.15) is 0 Å². The molecular weight excluding hydrogens is 472 g/mol. The molecule has 39 heavy (non-hydrogen) atoms. The summed E-state index contributed by atoms with van der Waals surface area (Å²) < 4.78 is 0. The Bertz CT molecular complexity index is 1920. The molecule has 2 heterocycles. The maximum Gasteiger partial charge on any atom is 0.0346 e. The molecule has 2 heteroatoms. The number of aryl methyl sites for hydroxylation is 1. The van der Waals surface area contributed by atoms with Crippen LogP contribution in [0.15, 0.2) is 140 Å². The molecule has 7 rings (SSSR count). The summed E-state index contributed by atoms with van der Waals surface area (Å²) >= 11 is 0. The summed E-state index contributed by atoms with van der Waals surface area (Å²) in [4.78, 5) is 8.58. The molecule has 2 aromatic heterocycles. The normalized spacial score (nSPS) is 11.2. The fraction of sp³-hybridized carbons (Fsp3) is 0.0270. The van der Waals surface area contributed by atoms with Crippen LogP contribution in [0.3, 0.4) is 0 Å². The summed E-state index contributed by atoms with van der Waals surface area (Å²) in [5.74, 6) is 0. The van der Waals surface area contributed by atoms with Crippen molar-refractivity contribution in [2.75, 3.05) is 0 Å². The minimum absolute atomic E-state index is 1.12. The van der Waals surface area contributed by atoms with Crippen molar-refractivity contribution in [1.82, 2.24) is 9.97 Å². The van der Waals surface area contributed by atoms with Gasteiger partial charge in [0.05, 0.1) is 0 Å². The zero-order valence-electron chi connectivity index (χ0n) is 21.7. The van der Waals surface area contributed by atoms with Crippen molar-refractivity contribution in [3.63, 3.8) is 0 Å². The highest BCUT2D eigenvalue weighted by Gasteiger charge is 2.17. The van der Waals surface area contributed by atoms with Crippen LogP contribution >= 0.6 is 0 Å². The van der Waals surface area contributed by atoms with E-state index in [2.05, 4.69) is 120 Å². The predicted octanol–water partition coefficient (Wildman–Crippen LogP) is 9.76. The quantitative estimate of drug-likeness (QED) is 0.226. The first-order chi connectivity index (χ1) is 19.3. The molecule has 5 aromatic carbocycles. The van der Waals surface area contributed by atoms with Gasteiger partial charge < -0.3 is 0 Å². The lowest BCUT2D eigenvalue weighted by atomic mass is 9.85. The van der Waals surface area contributed by atoms with E-state index in [-0.39, 0.29) is 0 Å². The van der Waals surface area contributed by atoms with E-state index in [0.717, 1.165) is 11.1 Å². The second-order valence-corrected chi connectivity index (χ2v) is 9.98. The lowest BCUT2D eigenvalue weighted by molar-refractivity contribution is 1.33. The van der Waals surface area contributed by atoms with Crippen molar-refractivity contribution < 1.29 is 0 Å². The van der Waals surface area contributed by atoms with Crippen LogP contribution in [0.1, 0.15) is 5.56 Å². The summed E-state index contributed by atoms with van der Waals surface area (Å²) in [5, 5.41) is 5.05. The van der Waals surface area contributed by atoms with Gasteiger partial charge in [-0.05, 0) is 85.1 Å². The zero-order chi connectivity index (χ0) is 26.2. The number of hydrogen-bond acceptors (Lipinski definition) is 2. The Morgan fingerprint density at radius 2 is 0.846 bits per heavy atom. The van der Waals surface area contributed by atoms with Crippen LogP contribution in [0.4, 0.5) is 0 Å². The lowest BCUT2D eigenvalue weighted by Crippen LogP contribution is -1.92. The smallest absolute Gasteiger partial charge is 0.0346 e. The molecule has 0 atom stereocenters. The standard InChI is InChI=1S/C37H26N2/c1-25-10-19-34-35(22-25)37(29-17-13-27(14-18-29)31-7-5-21-39-24-31)33-9-3-2-8-32(33)36(34)28-15-11-26(12-16-28)30-6-4-20-38-23-30/h2-24H,1H3. The molecule has 0 N–H and O–H groups in total. The summed E-state index contributed by atoms with van der Waals surface area (Å²) in [6.45, 7) is 2.17. The summed E-state index contributed by atoms with van der Waals surface area (Å²) in [5.41, 5.74) is 10.8. The van der Waals surface area contributed by atoms with E-state index in [0.29, 0.717) is 0 Å². The van der Waals surface area contributed by atoms with Gasteiger partial charge in [0.25, 0.3) is 0 Å². The number of fused-ring (bicyclic) bond motifs is 2. The Balaban J connectivity index is 1.45. The molecule has 0 amide bonds. The molecule has 0 fully saturated rings. The number of pyridine rings is 2. The Morgan fingerprint density at radius 1 is 0.385 bits per heavy atom. The maximum absolute atomic E-state index is 4.29. The van der Waals surface area contributed by atoms with Gasteiger partial charge in [0.15, 0.2) is 0 Å². The second kappa shape index (κ2) is 9.66. The predicted molar refractivity (Wildman–Crippen MR) is 164 cm³/mol. The van der Waals surface area contributed by atoms with E-state index in [9.17, 15) is 0 Å². The Hall–Kier alpha value is -5.08. The van der Waals surface area contributed by atoms with Crippen LogP contribution < -0.4 is 0 Å². The van der Waals surface area contributed by atoms with E-state index in [1.54, 1.807) is 0 Å². The van der Waals surface area contributed by atoms with Crippen molar-refractivity contribution in [2.24, 2.45) is 0 Å². The van der Waals surface area contributed by atoms with Gasteiger partial charge in [-0.3, -0.25) is 9.97 Å². The summed E-state index contributed by atoms with van der Waals surface area (Å²) in [7, 11) is 0. The third-order valence-corrected chi connectivity index (χ3v) is 7.52. The zero-order valence-corrected chi connectivity index (χ0v) is 21.7. The van der Waals surface area contributed by atoms with Gasteiger partial charge in [-0.25, -0.2) is 0 Å². The minimum atomic E-state index is 1.12. The molecule has 2 nitrogen and oxygen atoms in total. The lowest BCUT2D eigenvalue weighted by Gasteiger charge is -2.18. The molecule has 7 aromatic rings. The van der Waals surface area contributed by atoms with Gasteiger partial charge in [-0.2, -0.15) is 0 Å². The second-order valence-electron chi connectivity index (χ2n) is 9.98. The molecule has 0 saturated heterocycles. The molecule has 184 valence electrons. The van der Waals surface area contributed by atoms with Gasteiger partial charge in [-0.1, -0.05) is 109 Å². The SMILES string of the molecule is Cc1ccc2c(-c3ccc(-c4cccnc4)cc3)c3ccccc3c(-c3ccc(-c4cccnc4)cc3)c2c1. The van der Waals surface area contributed by atoms with Gasteiger partial charge in [0.2, 0.25) is 0 Å². The molecule has 0 aliphatic heterocycles. The number of aromatic nitrogens is 2. The number of hydrogen-bond donors (Lipinski definition) is 0. The highest BCUT2D eigenvalue weighted by atomic mass is 14.6. The van der Waals surface area contributed by atoms with E-state index in [1.165, 1.54) is 60.5 Å². The average Bonchev–Trinajstić information content (AvgIpc) is 3.01. The molecular formula is C37H26N2. The third-order valence-electron chi connectivity index (χ3n) is 7.52. The number of benzene rings is 5. The van der Waals surface area contributed by atoms with Gasteiger partial charge in [0, 0.05) is 24.8 Å². The van der Waals surface area contributed by atoms with Crippen molar-refractivity contribution in [3.05, 3.63) is 146 Å². The summed E-state index contributed by atoms with van der Waals surface area (Å²) in [6.07, 6.45) is 7.45. The first-order valence-electron chi connectivity index (χ1n) is 13.2. The third kappa shape index (κ3) is 4.17. The van der Waals surface area contributed by atoms with Crippen LogP contribution in [0.5, 0.6) is 0 Å². The molecule has 0 aliphatic carbocycles. The highest BCUT2D eigenvalue weighted by Crippen LogP contribution is 2.44. The number of rotatable bonds is 4. The van der Waals surface area contributed by atoms with Crippen molar-refractivity contribution >= 4 is 21.5 Å². The number of nitrogens with zero attached hydrogens (tertiary/aromatic N) is 2.